The van der Waals surface area contributed by atoms with Gasteiger partial charge >= 0.3 is 5.97 Å². The molecular formula is C10H10O3. The van der Waals surface area contributed by atoms with Crippen LogP contribution in [0, 0.1) is 6.92 Å². The van der Waals surface area contributed by atoms with E-state index in [0.717, 1.165) is 11.1 Å². The van der Waals surface area contributed by atoms with Crippen molar-refractivity contribution in [3.63, 3.8) is 0 Å². The molecule has 1 heterocycles. The maximum Gasteiger partial charge on any atom is 0.314 e. The number of hydrogen-bond donors (Lipinski definition) is 1. The van der Waals surface area contributed by atoms with Gasteiger partial charge in [0.1, 0.15) is 18.3 Å². The summed E-state index contributed by atoms with van der Waals surface area (Å²) in [5.41, 5.74) is 1.88. The summed E-state index contributed by atoms with van der Waals surface area (Å²) in [4.78, 5) is 10.8. The van der Waals surface area contributed by atoms with Gasteiger partial charge in [0.15, 0.2) is 0 Å². The largest absolute Gasteiger partial charge is 0.492 e. The van der Waals surface area contributed by atoms with Crippen molar-refractivity contribution in [2.24, 2.45) is 0 Å². The molecule has 13 heavy (non-hydrogen) atoms. The third-order valence-corrected chi connectivity index (χ3v) is 2.25. The Morgan fingerprint density at radius 3 is 3.08 bits per heavy atom. The fraction of sp³-hybridized carbons (Fsp3) is 0.300. The van der Waals surface area contributed by atoms with Crippen molar-refractivity contribution >= 4 is 5.97 Å². The number of carbonyl (C=O) groups is 1. The number of hydrogen-bond acceptors (Lipinski definition) is 2. The van der Waals surface area contributed by atoms with Crippen LogP contribution in [0.15, 0.2) is 18.2 Å². The molecule has 0 spiro atoms. The van der Waals surface area contributed by atoms with E-state index in [2.05, 4.69) is 0 Å². The third kappa shape index (κ3) is 1.26. The topological polar surface area (TPSA) is 46.5 Å². The van der Waals surface area contributed by atoms with Crippen LogP contribution in [-0.2, 0) is 4.79 Å². The molecule has 3 nitrogen and oxygen atoms in total. The summed E-state index contributed by atoms with van der Waals surface area (Å²) in [6.07, 6.45) is 0. The lowest BCUT2D eigenvalue weighted by Crippen LogP contribution is -2.12. The smallest absolute Gasteiger partial charge is 0.314 e. The van der Waals surface area contributed by atoms with Crippen molar-refractivity contribution in [2.75, 3.05) is 6.61 Å². The maximum atomic E-state index is 10.8. The lowest BCUT2D eigenvalue weighted by molar-refractivity contribution is -0.138. The predicted octanol–water partition coefficient (Wildman–Crippen LogP) is 1.56. The first-order chi connectivity index (χ1) is 6.18. The van der Waals surface area contributed by atoms with Crippen LogP contribution in [0.2, 0.25) is 0 Å². The van der Waals surface area contributed by atoms with Crippen molar-refractivity contribution in [2.45, 2.75) is 12.8 Å². The van der Waals surface area contributed by atoms with Gasteiger partial charge in [-0.05, 0) is 18.6 Å². The molecule has 0 saturated heterocycles. The van der Waals surface area contributed by atoms with Gasteiger partial charge in [0.05, 0.1) is 0 Å². The van der Waals surface area contributed by atoms with Gasteiger partial charge < -0.3 is 9.84 Å². The summed E-state index contributed by atoms with van der Waals surface area (Å²) in [5, 5.41) is 8.85. The average molecular weight is 178 g/mol. The predicted molar refractivity (Wildman–Crippen MR) is 47.1 cm³/mol. The number of rotatable bonds is 1. The zero-order valence-electron chi connectivity index (χ0n) is 7.28. The first-order valence-electron chi connectivity index (χ1n) is 4.14. The van der Waals surface area contributed by atoms with E-state index in [1.807, 2.05) is 25.1 Å². The van der Waals surface area contributed by atoms with Crippen molar-refractivity contribution < 1.29 is 14.6 Å². The van der Waals surface area contributed by atoms with Gasteiger partial charge in [-0.1, -0.05) is 12.1 Å². The van der Waals surface area contributed by atoms with E-state index in [0.29, 0.717) is 5.75 Å². The van der Waals surface area contributed by atoms with E-state index in [-0.39, 0.29) is 6.61 Å². The quantitative estimate of drug-likeness (QED) is 0.709. The number of aryl methyl sites for hydroxylation is 1. The molecule has 1 aromatic carbocycles. The summed E-state index contributed by atoms with van der Waals surface area (Å²) in [6, 6.07) is 5.61. The molecule has 1 aromatic rings. The normalized spacial score (nSPS) is 19.3. The minimum atomic E-state index is -0.817. The summed E-state index contributed by atoms with van der Waals surface area (Å²) in [5.74, 6) is -0.592. The lowest BCUT2D eigenvalue weighted by atomic mass is 10.0. The fourth-order valence-electron chi connectivity index (χ4n) is 1.52. The first-order valence-corrected chi connectivity index (χ1v) is 4.14. The van der Waals surface area contributed by atoms with E-state index in [4.69, 9.17) is 9.84 Å². The molecule has 68 valence electrons. The first kappa shape index (κ1) is 8.10. The van der Waals surface area contributed by atoms with E-state index in [1.165, 1.54) is 0 Å². The SMILES string of the molecule is Cc1ccc2c(c1)OCC2C(=O)O. The van der Waals surface area contributed by atoms with Crippen LogP contribution in [0.25, 0.3) is 0 Å². The van der Waals surface area contributed by atoms with Crippen LogP contribution in [0.4, 0.5) is 0 Å². The Labute approximate surface area is 76.0 Å². The zero-order chi connectivity index (χ0) is 9.42. The van der Waals surface area contributed by atoms with Gasteiger partial charge in [-0.15, -0.1) is 0 Å². The molecule has 1 atom stereocenters. The fourth-order valence-corrected chi connectivity index (χ4v) is 1.52. The summed E-state index contributed by atoms with van der Waals surface area (Å²) in [7, 11) is 0. The number of carboxylic acids is 1. The Hall–Kier alpha value is -1.51. The van der Waals surface area contributed by atoms with Gasteiger partial charge in [-0.2, -0.15) is 0 Å². The van der Waals surface area contributed by atoms with Gasteiger partial charge in [-0.3, -0.25) is 4.79 Å². The second kappa shape index (κ2) is 2.76. The zero-order valence-corrected chi connectivity index (χ0v) is 7.28. The van der Waals surface area contributed by atoms with Crippen molar-refractivity contribution in [1.29, 1.82) is 0 Å². The van der Waals surface area contributed by atoms with E-state index < -0.39 is 11.9 Å². The van der Waals surface area contributed by atoms with Crippen LogP contribution in [0.5, 0.6) is 5.75 Å². The number of carboxylic acid groups (broad SMARTS) is 1. The summed E-state index contributed by atoms with van der Waals surface area (Å²) < 4.78 is 5.27. The highest BCUT2D eigenvalue weighted by atomic mass is 16.5. The molecule has 3 heteroatoms. The van der Waals surface area contributed by atoms with E-state index in [1.54, 1.807) is 0 Å². The second-order valence-electron chi connectivity index (χ2n) is 3.24. The van der Waals surface area contributed by atoms with Crippen LogP contribution in [-0.4, -0.2) is 17.7 Å². The van der Waals surface area contributed by atoms with E-state index >= 15 is 0 Å². The molecule has 1 N–H and O–H groups in total. The van der Waals surface area contributed by atoms with Crippen LogP contribution < -0.4 is 4.74 Å². The van der Waals surface area contributed by atoms with Crippen LogP contribution >= 0.6 is 0 Å². The highest BCUT2D eigenvalue weighted by Crippen LogP contribution is 2.34. The maximum absolute atomic E-state index is 10.8. The minimum Gasteiger partial charge on any atom is -0.492 e. The Morgan fingerprint density at radius 2 is 2.38 bits per heavy atom. The molecule has 1 unspecified atom stereocenters. The highest BCUT2D eigenvalue weighted by Gasteiger charge is 2.29. The molecule has 0 amide bonds. The van der Waals surface area contributed by atoms with Gasteiger partial charge in [0, 0.05) is 5.56 Å². The standard InChI is InChI=1S/C10H10O3/c1-6-2-3-7-8(10(11)12)5-13-9(7)4-6/h2-4,8H,5H2,1H3,(H,11,12). The molecule has 0 aromatic heterocycles. The third-order valence-electron chi connectivity index (χ3n) is 2.25. The molecule has 0 bridgehead atoms. The van der Waals surface area contributed by atoms with Gasteiger partial charge in [-0.25, -0.2) is 0 Å². The number of fused-ring (bicyclic) bond motifs is 1. The monoisotopic (exact) mass is 178 g/mol. The van der Waals surface area contributed by atoms with Crippen LogP contribution in [0.1, 0.15) is 17.0 Å². The molecule has 0 saturated carbocycles. The minimum absolute atomic E-state index is 0.258. The Bertz CT molecular complexity index is 357. The summed E-state index contributed by atoms with van der Waals surface area (Å²) >= 11 is 0. The lowest BCUT2D eigenvalue weighted by Gasteiger charge is -2.01. The molecule has 0 radical (unpaired) electrons. The Kier molecular flexibility index (Phi) is 1.72. The number of ether oxygens (including phenoxy) is 1. The van der Waals surface area contributed by atoms with Gasteiger partial charge in [0.2, 0.25) is 0 Å². The van der Waals surface area contributed by atoms with Crippen LogP contribution in [0.3, 0.4) is 0 Å². The number of benzene rings is 1. The Morgan fingerprint density at radius 1 is 1.62 bits per heavy atom. The van der Waals surface area contributed by atoms with Gasteiger partial charge in [0.25, 0.3) is 0 Å². The molecular weight excluding hydrogens is 168 g/mol. The second-order valence-corrected chi connectivity index (χ2v) is 3.24. The summed E-state index contributed by atoms with van der Waals surface area (Å²) in [6.45, 7) is 2.21. The molecule has 0 fully saturated rings. The average Bonchev–Trinajstić information content (AvgIpc) is 2.46. The van der Waals surface area contributed by atoms with Crippen molar-refractivity contribution in [3.05, 3.63) is 29.3 Å². The molecule has 1 aliphatic rings. The van der Waals surface area contributed by atoms with E-state index in [9.17, 15) is 4.79 Å². The molecule has 2 rings (SSSR count). The molecule has 0 aliphatic carbocycles. The van der Waals surface area contributed by atoms with Crippen molar-refractivity contribution in [3.8, 4) is 5.75 Å². The number of aliphatic carboxylic acids is 1. The Balaban J connectivity index is 2.44. The molecule has 1 aliphatic heterocycles. The van der Waals surface area contributed by atoms with Crippen molar-refractivity contribution in [1.82, 2.24) is 0 Å². The highest BCUT2D eigenvalue weighted by molar-refractivity contribution is 5.78.